The lowest BCUT2D eigenvalue weighted by molar-refractivity contribution is -0.152. The van der Waals surface area contributed by atoms with E-state index in [2.05, 4.69) is 86.9 Å². The van der Waals surface area contributed by atoms with Crippen molar-refractivity contribution in [1.29, 1.82) is 0 Å². The van der Waals surface area contributed by atoms with E-state index in [1.807, 2.05) is 0 Å². The highest BCUT2D eigenvalue weighted by Gasteiger charge is 2.22. The molecule has 12 heteroatoms. The molecule has 1 rings (SSSR count). The summed E-state index contributed by atoms with van der Waals surface area (Å²) in [6.45, 7) is 15.5. The first-order valence-corrected chi connectivity index (χ1v) is 27.0. The number of esters is 2. The molecular formula is C57H93NO11. The maximum atomic E-state index is 12.9. The molecule has 0 aliphatic carbocycles. The topological polar surface area (TPSA) is 128 Å². The normalized spacial score (nSPS) is 13.4. The van der Waals surface area contributed by atoms with Crippen LogP contribution < -0.4 is 0 Å². The second-order valence-corrected chi connectivity index (χ2v) is 17.7. The van der Waals surface area contributed by atoms with Gasteiger partial charge in [-0.2, -0.15) is 0 Å². The summed E-state index contributed by atoms with van der Waals surface area (Å²) in [7, 11) is 0. The first-order chi connectivity index (χ1) is 33.8. The van der Waals surface area contributed by atoms with Crippen LogP contribution in [0.2, 0.25) is 0 Å². The van der Waals surface area contributed by atoms with Crippen LogP contribution in [0.15, 0.2) is 0 Å². The Hall–Kier alpha value is -3.75. The highest BCUT2D eigenvalue weighted by atomic mass is 16.7. The molecule has 12 nitrogen and oxygen atoms in total. The molecule has 0 aromatic carbocycles. The zero-order chi connectivity index (χ0) is 50.1. The van der Waals surface area contributed by atoms with Gasteiger partial charge in [0, 0.05) is 76.7 Å². The van der Waals surface area contributed by atoms with E-state index in [1.165, 1.54) is 0 Å². The summed E-state index contributed by atoms with van der Waals surface area (Å²) >= 11 is 0. The predicted octanol–water partition coefficient (Wildman–Crippen LogP) is 11.7. The van der Waals surface area contributed by atoms with Crippen LogP contribution in [0.5, 0.6) is 0 Å². The maximum Gasteiger partial charge on any atom is 0.508 e. The number of likely N-dealkylation sites (tertiary alicyclic amines) is 1. The molecule has 0 aromatic rings. The van der Waals surface area contributed by atoms with Gasteiger partial charge in [-0.3, -0.25) is 9.59 Å². The van der Waals surface area contributed by atoms with E-state index < -0.39 is 24.7 Å². The fourth-order valence-electron chi connectivity index (χ4n) is 7.02. The minimum absolute atomic E-state index is 0.0801. The fourth-order valence-corrected chi connectivity index (χ4v) is 7.02. The average molecular weight is 968 g/mol. The van der Waals surface area contributed by atoms with Crippen molar-refractivity contribution in [3.05, 3.63) is 0 Å². The predicted molar refractivity (Wildman–Crippen MR) is 274 cm³/mol. The van der Waals surface area contributed by atoms with Gasteiger partial charge >= 0.3 is 18.1 Å². The molecule has 1 saturated heterocycles. The number of carbonyl (C=O) groups excluding carboxylic acids is 3. The minimum Gasteiger partial charge on any atom is -0.465 e. The molecule has 1 fully saturated rings. The smallest absolute Gasteiger partial charge is 0.465 e. The van der Waals surface area contributed by atoms with Gasteiger partial charge in [0.1, 0.15) is 19.8 Å². The number of hydrogen-bond acceptors (Lipinski definition) is 12. The van der Waals surface area contributed by atoms with Gasteiger partial charge in [-0.15, -0.1) is 47.4 Å². The van der Waals surface area contributed by atoms with Crippen molar-refractivity contribution in [3.63, 3.8) is 0 Å². The number of carbonyl (C=O) groups is 3. The molecule has 0 radical (unpaired) electrons. The molecule has 1 heterocycles. The van der Waals surface area contributed by atoms with Gasteiger partial charge in [0.2, 0.25) is 0 Å². The molecule has 1 aliphatic heterocycles. The Labute approximate surface area is 419 Å². The Kier molecular flexibility index (Phi) is 43.9. The summed E-state index contributed by atoms with van der Waals surface area (Å²) in [6, 6.07) is 0. The third-order valence-corrected chi connectivity index (χ3v) is 11.3. The maximum absolute atomic E-state index is 12.9. The van der Waals surface area contributed by atoms with E-state index in [1.54, 1.807) is 0 Å². The van der Waals surface area contributed by atoms with Crippen LogP contribution in [0.4, 0.5) is 4.79 Å². The lowest BCUT2D eigenvalue weighted by Gasteiger charge is -2.31. The van der Waals surface area contributed by atoms with Gasteiger partial charge in [0.25, 0.3) is 0 Å². The minimum atomic E-state index is -0.789. The van der Waals surface area contributed by atoms with E-state index >= 15 is 0 Å². The van der Waals surface area contributed by atoms with Crippen LogP contribution in [-0.4, -0.2) is 108 Å². The van der Waals surface area contributed by atoms with E-state index in [-0.39, 0.29) is 57.1 Å². The van der Waals surface area contributed by atoms with Gasteiger partial charge in [0.05, 0.1) is 39.0 Å². The number of hydrogen-bond donors (Lipinski definition) is 0. The summed E-state index contributed by atoms with van der Waals surface area (Å²) in [6.07, 6.45) is 19.6. The number of piperidine rings is 1. The standard InChI is InChI=1S/C57H93NO11/c1-6-11-15-19-23-31-42-62-55(63-43-32-24-20-16-12-7-2)39-29-27-37-53(59)66-48-52(50-69-57(61)68-47-51-36-35-41-58(10-5)46-51)49-67-54(60)38-28-30-40-56(64-44-33-25-21-17-13-8-3)65-45-34-26-22-18-14-9-4/h51-52,55-56H,6-18,27-50H2,1-5H3. The molecular weight excluding hydrogens is 875 g/mol. The summed E-state index contributed by atoms with van der Waals surface area (Å²) in [5.74, 6) is 24.4. The summed E-state index contributed by atoms with van der Waals surface area (Å²) in [4.78, 5) is 40.9. The zero-order valence-corrected chi connectivity index (χ0v) is 43.9. The second kappa shape index (κ2) is 47.9. The molecule has 0 aromatic heterocycles. The molecule has 1 unspecified atom stereocenters. The van der Waals surface area contributed by atoms with Crippen molar-refractivity contribution in [2.24, 2.45) is 11.8 Å². The van der Waals surface area contributed by atoms with Gasteiger partial charge in [0.15, 0.2) is 12.6 Å². The molecule has 69 heavy (non-hydrogen) atoms. The van der Waals surface area contributed by atoms with Crippen molar-refractivity contribution in [2.45, 2.75) is 214 Å². The Bertz CT molecular complexity index is 1380. The van der Waals surface area contributed by atoms with Gasteiger partial charge in [-0.25, -0.2) is 4.79 Å². The van der Waals surface area contributed by atoms with Crippen molar-refractivity contribution < 1.29 is 52.3 Å². The number of ether oxygens (including phenoxy) is 8. The van der Waals surface area contributed by atoms with Crippen LogP contribution in [-0.2, 0) is 47.5 Å². The highest BCUT2D eigenvalue weighted by Crippen LogP contribution is 2.17. The Morgan fingerprint density at radius 1 is 0.493 bits per heavy atom. The first kappa shape index (κ1) is 63.3. The Morgan fingerprint density at radius 3 is 1.28 bits per heavy atom. The molecule has 392 valence electrons. The molecule has 0 bridgehead atoms. The van der Waals surface area contributed by atoms with Gasteiger partial charge in [-0.05, 0) is 90.1 Å². The van der Waals surface area contributed by atoms with Gasteiger partial charge < -0.3 is 42.8 Å². The van der Waals surface area contributed by atoms with Crippen molar-refractivity contribution in [1.82, 2.24) is 4.90 Å². The van der Waals surface area contributed by atoms with Crippen LogP contribution >= 0.6 is 0 Å². The Balaban J connectivity index is 2.72. The zero-order valence-electron chi connectivity index (χ0n) is 43.9. The van der Waals surface area contributed by atoms with E-state index in [4.69, 9.17) is 37.9 Å². The molecule has 1 aliphatic rings. The van der Waals surface area contributed by atoms with E-state index in [0.717, 1.165) is 110 Å². The molecule has 0 N–H and O–H groups in total. The van der Waals surface area contributed by atoms with Crippen molar-refractivity contribution >= 4 is 18.1 Å². The number of rotatable bonds is 39. The first-order valence-electron chi connectivity index (χ1n) is 27.0. The van der Waals surface area contributed by atoms with Crippen molar-refractivity contribution in [2.75, 3.05) is 72.5 Å². The quantitative estimate of drug-likeness (QED) is 0.0191. The summed E-state index contributed by atoms with van der Waals surface area (Å²) in [5, 5.41) is 0. The van der Waals surface area contributed by atoms with E-state index in [0.29, 0.717) is 90.6 Å². The van der Waals surface area contributed by atoms with Crippen molar-refractivity contribution in [3.8, 4) is 47.4 Å². The molecule has 0 amide bonds. The lowest BCUT2D eigenvalue weighted by Crippen LogP contribution is -2.37. The molecule has 0 spiro atoms. The van der Waals surface area contributed by atoms with Crippen LogP contribution in [0, 0.1) is 59.2 Å². The van der Waals surface area contributed by atoms with Crippen LogP contribution in [0.25, 0.3) is 0 Å². The number of nitrogens with zero attached hydrogens (tertiary/aromatic N) is 1. The number of unbranched alkanes of at least 4 members (excludes halogenated alkanes) is 10. The fraction of sp³-hybridized carbons (Fsp3) is 0.807. The second-order valence-electron chi connectivity index (χ2n) is 17.7. The third-order valence-electron chi connectivity index (χ3n) is 11.3. The SMILES string of the molecule is CCCCC#CCCOC(CCCCC(=O)OCC(COC(=O)CCCCC(OCCC#CCCCC)OCCC#CCCCC)COC(=O)OCC1CCCN(CC)C1)OCCC#CCCCC. The highest BCUT2D eigenvalue weighted by molar-refractivity contribution is 5.69. The molecule has 0 saturated carbocycles. The monoisotopic (exact) mass is 968 g/mol. The van der Waals surface area contributed by atoms with Crippen LogP contribution in [0.3, 0.4) is 0 Å². The van der Waals surface area contributed by atoms with Crippen LogP contribution in [0.1, 0.15) is 202 Å². The Morgan fingerprint density at radius 2 is 0.884 bits per heavy atom. The molecule has 1 atom stereocenters. The average Bonchev–Trinajstić information content (AvgIpc) is 3.36. The summed E-state index contributed by atoms with van der Waals surface area (Å²) in [5.41, 5.74) is 0. The summed E-state index contributed by atoms with van der Waals surface area (Å²) < 4.78 is 46.4. The van der Waals surface area contributed by atoms with E-state index in [9.17, 15) is 14.4 Å². The third kappa shape index (κ3) is 40.7. The van der Waals surface area contributed by atoms with Gasteiger partial charge in [-0.1, -0.05) is 60.3 Å². The lowest BCUT2D eigenvalue weighted by atomic mass is 9.99. The largest absolute Gasteiger partial charge is 0.508 e.